The van der Waals surface area contributed by atoms with Gasteiger partial charge < -0.3 is 10.1 Å². The van der Waals surface area contributed by atoms with Gasteiger partial charge in [-0.15, -0.1) is 0 Å². The molecule has 0 bridgehead atoms. The summed E-state index contributed by atoms with van der Waals surface area (Å²) < 4.78 is 7.00. The minimum absolute atomic E-state index is 0.579. The topological polar surface area (TPSA) is 64.3 Å². The number of nitrogens with zero attached hydrogens (tertiary/aromatic N) is 4. The number of rotatable bonds is 6. The Hall–Kier alpha value is -3.41. The van der Waals surface area contributed by atoms with Crippen molar-refractivity contribution in [2.45, 2.75) is 6.42 Å². The molecule has 0 aliphatic heterocycles. The van der Waals surface area contributed by atoms with Crippen LogP contribution in [0.1, 0.15) is 5.56 Å². The average Bonchev–Trinajstić information content (AvgIpc) is 3.18. The van der Waals surface area contributed by atoms with Gasteiger partial charge in [0.1, 0.15) is 17.9 Å². The minimum atomic E-state index is 0.579. The number of fused-ring (bicyclic) bond motifs is 1. The van der Waals surface area contributed by atoms with Crippen molar-refractivity contribution >= 4 is 11.6 Å². The number of nitrogens with one attached hydrogen (secondary N) is 1. The highest BCUT2D eigenvalue weighted by atomic mass is 16.5. The van der Waals surface area contributed by atoms with E-state index in [1.807, 2.05) is 48.5 Å². The third kappa shape index (κ3) is 3.35. The molecule has 4 rings (SSSR count). The van der Waals surface area contributed by atoms with Crippen molar-refractivity contribution in [2.24, 2.45) is 0 Å². The van der Waals surface area contributed by atoms with Gasteiger partial charge in [0.15, 0.2) is 0 Å². The summed E-state index contributed by atoms with van der Waals surface area (Å²) >= 11 is 0. The zero-order valence-corrected chi connectivity index (χ0v) is 14.5. The SMILES string of the molecule is COc1cccc(CCNc2cc(-c3ccccc3)nc3ncnn23)c1. The fraction of sp³-hybridized carbons (Fsp3) is 0.150. The van der Waals surface area contributed by atoms with Gasteiger partial charge in [-0.2, -0.15) is 14.6 Å². The Morgan fingerprint density at radius 2 is 1.92 bits per heavy atom. The molecule has 2 aromatic heterocycles. The molecular weight excluding hydrogens is 326 g/mol. The van der Waals surface area contributed by atoms with Gasteiger partial charge in [0.2, 0.25) is 0 Å². The van der Waals surface area contributed by atoms with Gasteiger partial charge in [-0.1, -0.05) is 42.5 Å². The number of hydrogen-bond acceptors (Lipinski definition) is 5. The first-order valence-corrected chi connectivity index (χ1v) is 8.46. The van der Waals surface area contributed by atoms with Crippen molar-refractivity contribution in [3.63, 3.8) is 0 Å². The number of aromatic nitrogens is 4. The normalized spacial score (nSPS) is 10.8. The molecule has 0 amide bonds. The van der Waals surface area contributed by atoms with E-state index in [9.17, 15) is 0 Å². The summed E-state index contributed by atoms with van der Waals surface area (Å²) in [5.41, 5.74) is 3.13. The van der Waals surface area contributed by atoms with E-state index >= 15 is 0 Å². The zero-order chi connectivity index (χ0) is 17.8. The van der Waals surface area contributed by atoms with Crippen LogP contribution >= 0.6 is 0 Å². The number of methoxy groups -OCH3 is 1. The van der Waals surface area contributed by atoms with E-state index in [4.69, 9.17) is 4.74 Å². The molecule has 0 spiro atoms. The summed E-state index contributed by atoms with van der Waals surface area (Å²) in [6.07, 6.45) is 2.39. The molecule has 130 valence electrons. The Kier molecular flexibility index (Phi) is 4.47. The Morgan fingerprint density at radius 1 is 1.04 bits per heavy atom. The van der Waals surface area contributed by atoms with Crippen LogP contribution in [-0.4, -0.2) is 33.2 Å². The van der Waals surface area contributed by atoms with E-state index in [0.29, 0.717) is 5.78 Å². The first kappa shape index (κ1) is 16.1. The van der Waals surface area contributed by atoms with E-state index in [1.165, 1.54) is 11.9 Å². The summed E-state index contributed by atoms with van der Waals surface area (Å²) in [6.45, 7) is 0.764. The molecule has 6 nitrogen and oxygen atoms in total. The Bertz CT molecular complexity index is 1010. The predicted octanol–water partition coefficient (Wildman–Crippen LogP) is 3.45. The molecule has 0 radical (unpaired) electrons. The first-order valence-electron chi connectivity index (χ1n) is 8.46. The second kappa shape index (κ2) is 7.23. The van der Waals surface area contributed by atoms with Crippen molar-refractivity contribution in [2.75, 3.05) is 19.0 Å². The Labute approximate surface area is 151 Å². The molecule has 6 heteroatoms. The minimum Gasteiger partial charge on any atom is -0.497 e. The quantitative estimate of drug-likeness (QED) is 0.580. The van der Waals surface area contributed by atoms with Crippen molar-refractivity contribution in [1.29, 1.82) is 0 Å². The predicted molar refractivity (Wildman–Crippen MR) is 101 cm³/mol. The van der Waals surface area contributed by atoms with Crippen molar-refractivity contribution in [3.8, 4) is 17.0 Å². The second-order valence-corrected chi connectivity index (χ2v) is 5.89. The Morgan fingerprint density at radius 3 is 2.77 bits per heavy atom. The molecule has 0 aliphatic carbocycles. The van der Waals surface area contributed by atoms with E-state index in [0.717, 1.165) is 35.8 Å². The van der Waals surface area contributed by atoms with Crippen LogP contribution in [0.2, 0.25) is 0 Å². The average molecular weight is 345 g/mol. The maximum atomic E-state index is 5.28. The number of ether oxygens (including phenoxy) is 1. The summed E-state index contributed by atoms with van der Waals surface area (Å²) in [6, 6.07) is 20.2. The maximum absolute atomic E-state index is 5.28. The molecule has 4 aromatic rings. The van der Waals surface area contributed by atoms with Gasteiger partial charge in [-0.25, -0.2) is 4.98 Å². The molecule has 0 saturated heterocycles. The standard InChI is InChI=1S/C20H19N5O/c1-26-17-9-5-6-15(12-17)10-11-21-19-13-18(16-7-3-2-4-8-16)24-20-22-14-23-25(19)20/h2-9,12-14,21H,10-11H2,1H3. The van der Waals surface area contributed by atoms with Gasteiger partial charge >= 0.3 is 0 Å². The van der Waals surface area contributed by atoms with Crippen LogP contribution in [0.25, 0.3) is 17.0 Å². The van der Waals surface area contributed by atoms with Crippen LogP contribution in [0.4, 0.5) is 5.82 Å². The van der Waals surface area contributed by atoms with Crippen molar-refractivity contribution in [3.05, 3.63) is 72.6 Å². The third-order valence-corrected chi connectivity index (χ3v) is 4.18. The van der Waals surface area contributed by atoms with E-state index < -0.39 is 0 Å². The Balaban J connectivity index is 1.56. The lowest BCUT2D eigenvalue weighted by molar-refractivity contribution is 0.414. The van der Waals surface area contributed by atoms with Crippen molar-refractivity contribution < 1.29 is 4.74 Å². The van der Waals surface area contributed by atoms with Crippen LogP contribution in [0.3, 0.4) is 0 Å². The highest BCUT2D eigenvalue weighted by Crippen LogP contribution is 2.21. The third-order valence-electron chi connectivity index (χ3n) is 4.18. The number of hydrogen-bond donors (Lipinski definition) is 1. The number of anilines is 1. The molecule has 2 aromatic carbocycles. The molecule has 0 unspecified atom stereocenters. The van der Waals surface area contributed by atoms with E-state index in [-0.39, 0.29) is 0 Å². The maximum Gasteiger partial charge on any atom is 0.254 e. The van der Waals surface area contributed by atoms with Gasteiger partial charge in [0.05, 0.1) is 12.8 Å². The van der Waals surface area contributed by atoms with Crippen LogP contribution in [-0.2, 0) is 6.42 Å². The zero-order valence-electron chi connectivity index (χ0n) is 14.5. The largest absolute Gasteiger partial charge is 0.497 e. The number of benzene rings is 2. The molecule has 0 atom stereocenters. The van der Waals surface area contributed by atoms with Gasteiger partial charge in [0, 0.05) is 18.2 Å². The molecule has 0 fully saturated rings. The van der Waals surface area contributed by atoms with Crippen LogP contribution < -0.4 is 10.1 Å². The lowest BCUT2D eigenvalue weighted by Crippen LogP contribution is -2.10. The fourth-order valence-corrected chi connectivity index (χ4v) is 2.86. The summed E-state index contributed by atoms with van der Waals surface area (Å²) in [7, 11) is 1.68. The fourth-order valence-electron chi connectivity index (χ4n) is 2.86. The van der Waals surface area contributed by atoms with E-state index in [2.05, 4.69) is 32.5 Å². The molecule has 2 heterocycles. The van der Waals surface area contributed by atoms with E-state index in [1.54, 1.807) is 11.6 Å². The van der Waals surface area contributed by atoms with Crippen molar-refractivity contribution in [1.82, 2.24) is 19.6 Å². The van der Waals surface area contributed by atoms with Crippen LogP contribution in [0.5, 0.6) is 5.75 Å². The molecule has 0 aliphatic rings. The second-order valence-electron chi connectivity index (χ2n) is 5.89. The lowest BCUT2D eigenvalue weighted by atomic mass is 10.1. The molecular formula is C20H19N5O. The van der Waals surface area contributed by atoms with Crippen LogP contribution in [0.15, 0.2) is 67.0 Å². The van der Waals surface area contributed by atoms with Gasteiger partial charge in [-0.3, -0.25) is 0 Å². The highest BCUT2D eigenvalue weighted by Gasteiger charge is 2.09. The molecule has 0 saturated carbocycles. The molecule has 1 N–H and O–H groups in total. The smallest absolute Gasteiger partial charge is 0.254 e. The highest BCUT2D eigenvalue weighted by molar-refractivity contribution is 5.65. The summed E-state index contributed by atoms with van der Waals surface area (Å²) in [5, 5.41) is 7.72. The lowest BCUT2D eigenvalue weighted by Gasteiger charge is -2.10. The first-order chi connectivity index (χ1) is 12.8. The molecule has 26 heavy (non-hydrogen) atoms. The summed E-state index contributed by atoms with van der Waals surface area (Å²) in [5.74, 6) is 2.32. The monoisotopic (exact) mass is 345 g/mol. The van der Waals surface area contributed by atoms with Crippen LogP contribution in [0, 0.1) is 0 Å². The summed E-state index contributed by atoms with van der Waals surface area (Å²) in [4.78, 5) is 8.83. The van der Waals surface area contributed by atoms with Gasteiger partial charge in [-0.05, 0) is 24.1 Å². The van der Waals surface area contributed by atoms with Gasteiger partial charge in [0.25, 0.3) is 5.78 Å².